The quantitative estimate of drug-likeness (QED) is 0.323. The van der Waals surface area contributed by atoms with Crippen molar-refractivity contribution in [1.82, 2.24) is 3.97 Å². The molecule has 0 aliphatic rings. The monoisotopic (exact) mass is 543 g/mol. The molecule has 0 bridgehead atoms. The number of aryl methyl sites for hydroxylation is 1. The molecule has 0 atom stereocenters. The van der Waals surface area contributed by atoms with Crippen molar-refractivity contribution in [3.05, 3.63) is 101 Å². The van der Waals surface area contributed by atoms with E-state index in [-0.39, 0.29) is 11.1 Å². The standard InChI is InChI=1S/C14H11NO2S.C11H11BrO4/c16-18(17,13-7-2-1-3-8-13)15-11-10-12-6-4-5-9-14(12)15;1-6-8(10(13)14)3-2-7(4-5-12)9(6)11(15)16/h1-11H;2-3H,4-5H2,1H3,(H,13,14)(H,15,16). The van der Waals surface area contributed by atoms with Crippen LogP contribution in [0.4, 0.5) is 0 Å². The fourth-order valence-corrected chi connectivity index (χ4v) is 5.38. The number of para-hydroxylation sites is 1. The van der Waals surface area contributed by atoms with Crippen LogP contribution in [0, 0.1) is 6.92 Å². The highest BCUT2D eigenvalue weighted by Crippen LogP contribution is 2.22. The van der Waals surface area contributed by atoms with E-state index in [1.54, 1.807) is 54.7 Å². The molecule has 7 nitrogen and oxygen atoms in total. The maximum atomic E-state index is 12.5. The number of halogens is 1. The summed E-state index contributed by atoms with van der Waals surface area (Å²) < 4.78 is 26.3. The van der Waals surface area contributed by atoms with E-state index in [4.69, 9.17) is 10.2 Å². The zero-order valence-electron chi connectivity index (χ0n) is 18.2. The Labute approximate surface area is 205 Å². The van der Waals surface area contributed by atoms with Crippen molar-refractivity contribution < 1.29 is 28.2 Å². The van der Waals surface area contributed by atoms with Gasteiger partial charge in [-0.25, -0.2) is 22.0 Å². The van der Waals surface area contributed by atoms with Gasteiger partial charge >= 0.3 is 11.9 Å². The Morgan fingerprint density at radius 1 is 0.882 bits per heavy atom. The highest BCUT2D eigenvalue weighted by Gasteiger charge is 2.19. The molecule has 1 heterocycles. The van der Waals surface area contributed by atoms with Crippen LogP contribution in [0.25, 0.3) is 10.9 Å². The minimum Gasteiger partial charge on any atom is -0.478 e. The van der Waals surface area contributed by atoms with Gasteiger partial charge in [0.15, 0.2) is 0 Å². The Balaban J connectivity index is 0.000000192. The van der Waals surface area contributed by atoms with Crippen LogP contribution in [-0.2, 0) is 16.4 Å². The number of aromatic nitrogens is 1. The molecule has 34 heavy (non-hydrogen) atoms. The van der Waals surface area contributed by atoms with Crippen LogP contribution in [0.2, 0.25) is 0 Å². The van der Waals surface area contributed by atoms with E-state index >= 15 is 0 Å². The molecule has 0 fully saturated rings. The smallest absolute Gasteiger partial charge is 0.336 e. The zero-order valence-corrected chi connectivity index (χ0v) is 20.6. The summed E-state index contributed by atoms with van der Waals surface area (Å²) in [6.07, 6.45) is 2.15. The van der Waals surface area contributed by atoms with Crippen LogP contribution in [0.1, 0.15) is 31.8 Å². The maximum Gasteiger partial charge on any atom is 0.336 e. The van der Waals surface area contributed by atoms with Crippen molar-refractivity contribution in [2.24, 2.45) is 0 Å². The van der Waals surface area contributed by atoms with Crippen LogP contribution in [0.3, 0.4) is 0 Å². The normalized spacial score (nSPS) is 11.0. The highest BCUT2D eigenvalue weighted by molar-refractivity contribution is 9.09. The number of carbonyl (C=O) groups is 2. The van der Waals surface area contributed by atoms with Gasteiger partial charge in [-0.15, -0.1) is 0 Å². The van der Waals surface area contributed by atoms with Gasteiger partial charge in [0.25, 0.3) is 10.0 Å². The number of fused-ring (bicyclic) bond motifs is 1. The molecular formula is C25H22BrNO6S. The number of hydrogen-bond acceptors (Lipinski definition) is 4. The van der Waals surface area contributed by atoms with E-state index in [9.17, 15) is 18.0 Å². The van der Waals surface area contributed by atoms with Gasteiger partial charge in [0.2, 0.25) is 0 Å². The van der Waals surface area contributed by atoms with Gasteiger partial charge in [0.1, 0.15) is 0 Å². The number of rotatable bonds is 6. The van der Waals surface area contributed by atoms with E-state index in [1.165, 1.54) is 17.0 Å². The summed E-state index contributed by atoms with van der Waals surface area (Å²) in [5, 5.41) is 19.5. The summed E-state index contributed by atoms with van der Waals surface area (Å²) in [5.41, 5.74) is 1.78. The van der Waals surface area contributed by atoms with Crippen molar-refractivity contribution in [2.45, 2.75) is 18.2 Å². The lowest BCUT2D eigenvalue weighted by Gasteiger charge is -2.10. The topological polar surface area (TPSA) is 114 Å². The molecule has 0 saturated carbocycles. The first kappa shape index (κ1) is 25.2. The lowest BCUT2D eigenvalue weighted by atomic mass is 9.95. The van der Waals surface area contributed by atoms with Gasteiger partial charge in [-0.1, -0.05) is 58.4 Å². The summed E-state index contributed by atoms with van der Waals surface area (Å²) in [4.78, 5) is 22.2. The second kappa shape index (κ2) is 10.7. The van der Waals surface area contributed by atoms with Gasteiger partial charge in [-0.3, -0.25) is 0 Å². The predicted octanol–water partition coefficient (Wildman–Crippen LogP) is 5.21. The highest BCUT2D eigenvalue weighted by atomic mass is 79.9. The third-order valence-corrected chi connectivity index (χ3v) is 7.32. The van der Waals surface area contributed by atoms with E-state index in [0.29, 0.717) is 33.3 Å². The average molecular weight is 544 g/mol. The second-order valence-electron chi connectivity index (χ2n) is 7.31. The number of hydrogen-bond donors (Lipinski definition) is 2. The summed E-state index contributed by atoms with van der Waals surface area (Å²) in [7, 11) is -3.51. The van der Waals surface area contributed by atoms with Crippen LogP contribution in [0.5, 0.6) is 0 Å². The van der Waals surface area contributed by atoms with E-state index < -0.39 is 22.0 Å². The number of benzene rings is 3. The van der Waals surface area contributed by atoms with Crippen LogP contribution in [0.15, 0.2) is 83.9 Å². The molecule has 0 aliphatic carbocycles. The van der Waals surface area contributed by atoms with E-state index in [2.05, 4.69) is 15.9 Å². The zero-order chi connectivity index (χ0) is 24.9. The Kier molecular flexibility index (Phi) is 7.90. The fourth-order valence-electron chi connectivity index (χ4n) is 3.58. The molecule has 2 N–H and O–H groups in total. The van der Waals surface area contributed by atoms with Crippen molar-refractivity contribution in [2.75, 3.05) is 5.33 Å². The minimum absolute atomic E-state index is 0.0377. The van der Waals surface area contributed by atoms with Gasteiger partial charge in [-0.05, 0) is 54.8 Å². The Morgan fingerprint density at radius 2 is 1.53 bits per heavy atom. The summed E-state index contributed by atoms with van der Waals surface area (Å²) >= 11 is 3.23. The Hall–Kier alpha value is -3.43. The molecule has 0 unspecified atom stereocenters. The fraction of sp³-hybridized carbons (Fsp3) is 0.120. The molecule has 0 radical (unpaired) electrons. The van der Waals surface area contributed by atoms with Gasteiger partial charge in [-0.2, -0.15) is 0 Å². The molecule has 1 aromatic heterocycles. The first-order valence-electron chi connectivity index (χ1n) is 10.2. The van der Waals surface area contributed by atoms with Crippen molar-refractivity contribution in [3.8, 4) is 0 Å². The summed E-state index contributed by atoms with van der Waals surface area (Å²) in [6, 6.07) is 20.7. The molecule has 0 saturated heterocycles. The molecule has 3 aromatic carbocycles. The third kappa shape index (κ3) is 5.21. The lowest BCUT2D eigenvalue weighted by molar-refractivity contribution is 0.0695. The Bertz CT molecular complexity index is 1450. The average Bonchev–Trinajstić information content (AvgIpc) is 3.25. The number of alkyl halides is 1. The van der Waals surface area contributed by atoms with Gasteiger partial charge < -0.3 is 10.2 Å². The van der Waals surface area contributed by atoms with Crippen LogP contribution in [-0.4, -0.2) is 39.9 Å². The molecular weight excluding hydrogens is 522 g/mol. The van der Waals surface area contributed by atoms with E-state index in [1.807, 2.05) is 18.2 Å². The Morgan fingerprint density at radius 3 is 2.15 bits per heavy atom. The molecule has 9 heteroatoms. The first-order valence-corrected chi connectivity index (χ1v) is 12.8. The molecule has 4 aromatic rings. The number of carboxylic acids is 2. The minimum atomic E-state index is -3.51. The SMILES string of the molecule is Cc1c(C(=O)O)ccc(CCBr)c1C(=O)O.O=S(=O)(c1ccccc1)n1ccc2ccccc21. The van der Waals surface area contributed by atoms with Crippen molar-refractivity contribution in [1.29, 1.82) is 0 Å². The first-order chi connectivity index (χ1) is 16.2. The molecule has 0 spiro atoms. The molecule has 0 aliphatic heterocycles. The number of aromatic carboxylic acids is 2. The second-order valence-corrected chi connectivity index (χ2v) is 9.92. The van der Waals surface area contributed by atoms with Crippen molar-refractivity contribution in [3.63, 3.8) is 0 Å². The largest absolute Gasteiger partial charge is 0.478 e. The summed E-state index contributed by atoms with van der Waals surface area (Å²) in [6.45, 7) is 1.52. The third-order valence-electron chi connectivity index (χ3n) is 5.22. The summed E-state index contributed by atoms with van der Waals surface area (Å²) in [5.74, 6) is -2.19. The maximum absolute atomic E-state index is 12.5. The van der Waals surface area contributed by atoms with Crippen LogP contribution >= 0.6 is 15.9 Å². The van der Waals surface area contributed by atoms with E-state index in [0.717, 1.165) is 5.39 Å². The molecule has 0 amide bonds. The van der Waals surface area contributed by atoms with Gasteiger partial charge in [0.05, 0.1) is 21.5 Å². The predicted molar refractivity (Wildman–Crippen MR) is 134 cm³/mol. The lowest BCUT2D eigenvalue weighted by Crippen LogP contribution is -2.11. The van der Waals surface area contributed by atoms with Crippen molar-refractivity contribution >= 4 is 48.8 Å². The molecule has 4 rings (SSSR count). The van der Waals surface area contributed by atoms with Gasteiger partial charge in [0, 0.05) is 16.9 Å². The number of carboxylic acid groups (broad SMARTS) is 2. The van der Waals surface area contributed by atoms with Crippen LogP contribution < -0.4 is 0 Å². The number of nitrogens with zero attached hydrogens (tertiary/aromatic N) is 1. The molecule has 176 valence electrons.